The molecule has 0 unspecified atom stereocenters. The second kappa shape index (κ2) is 5.47. The Hall–Kier alpha value is -2.10. The Morgan fingerprint density at radius 3 is 2.54 bits per heavy atom. The van der Waals surface area contributed by atoms with Crippen molar-refractivity contribution >= 4 is 5.91 Å². The van der Waals surface area contributed by atoms with Crippen molar-refractivity contribution in [3.05, 3.63) is 53.3 Å². The molecule has 2 fully saturated rings. The van der Waals surface area contributed by atoms with Gasteiger partial charge in [0, 0.05) is 17.9 Å². The van der Waals surface area contributed by atoms with Gasteiger partial charge in [-0.2, -0.15) is 5.10 Å². The van der Waals surface area contributed by atoms with Gasteiger partial charge in [0.2, 0.25) is 0 Å². The number of hydrogen-bond donors (Lipinski definition) is 1. The molecule has 1 N–H and O–H groups in total. The Bertz CT molecular complexity index is 753. The molecule has 126 valence electrons. The van der Waals surface area contributed by atoms with E-state index in [2.05, 4.69) is 50.4 Å². The Morgan fingerprint density at radius 2 is 1.92 bits per heavy atom. The first-order valence-electron chi connectivity index (χ1n) is 8.90. The van der Waals surface area contributed by atoms with Crippen LogP contribution in [-0.2, 0) is 5.54 Å². The lowest BCUT2D eigenvalue weighted by atomic mass is 10.1. The van der Waals surface area contributed by atoms with Gasteiger partial charge in [0.1, 0.15) is 5.69 Å². The molecule has 24 heavy (non-hydrogen) atoms. The predicted molar refractivity (Wildman–Crippen MR) is 94.3 cm³/mol. The number of carbonyl (C=O) groups excluding carboxylic acids is 1. The van der Waals surface area contributed by atoms with E-state index in [0.717, 1.165) is 12.1 Å². The molecular formula is C20H25N3O. The number of rotatable bonds is 4. The highest BCUT2D eigenvalue weighted by Crippen LogP contribution is 2.42. The summed E-state index contributed by atoms with van der Waals surface area (Å²) < 4.78 is 1.90. The van der Waals surface area contributed by atoms with E-state index in [9.17, 15) is 4.79 Å². The number of nitrogens with one attached hydrogen (secondary N) is 1. The molecule has 1 aromatic heterocycles. The highest BCUT2D eigenvalue weighted by Gasteiger charge is 2.40. The fraction of sp³-hybridized carbons (Fsp3) is 0.500. The summed E-state index contributed by atoms with van der Waals surface area (Å²) in [6, 6.07) is 12.7. The lowest BCUT2D eigenvalue weighted by Gasteiger charge is -2.22. The van der Waals surface area contributed by atoms with Crippen LogP contribution in [-0.4, -0.2) is 21.7 Å². The molecule has 1 heterocycles. The molecule has 2 aromatic rings. The highest BCUT2D eigenvalue weighted by molar-refractivity contribution is 5.93. The molecule has 4 nitrogen and oxygen atoms in total. The molecule has 4 heteroatoms. The van der Waals surface area contributed by atoms with Crippen LogP contribution in [0.2, 0.25) is 0 Å². The molecule has 0 saturated heterocycles. The summed E-state index contributed by atoms with van der Waals surface area (Å²) in [7, 11) is 0. The van der Waals surface area contributed by atoms with E-state index >= 15 is 0 Å². The quantitative estimate of drug-likeness (QED) is 0.930. The summed E-state index contributed by atoms with van der Waals surface area (Å²) >= 11 is 0. The van der Waals surface area contributed by atoms with Crippen LogP contribution in [0.4, 0.5) is 0 Å². The van der Waals surface area contributed by atoms with E-state index in [1.165, 1.54) is 18.4 Å². The van der Waals surface area contributed by atoms with Crippen LogP contribution < -0.4 is 5.32 Å². The van der Waals surface area contributed by atoms with Gasteiger partial charge in [0.15, 0.2) is 0 Å². The number of amides is 1. The number of benzene rings is 1. The molecular weight excluding hydrogens is 298 g/mol. The van der Waals surface area contributed by atoms with Gasteiger partial charge in [0.25, 0.3) is 5.91 Å². The van der Waals surface area contributed by atoms with Gasteiger partial charge in [-0.3, -0.25) is 9.48 Å². The van der Waals surface area contributed by atoms with E-state index in [4.69, 9.17) is 5.10 Å². The van der Waals surface area contributed by atoms with E-state index in [1.807, 2.05) is 16.8 Å². The summed E-state index contributed by atoms with van der Waals surface area (Å²) in [4.78, 5) is 12.8. The third-order valence-corrected chi connectivity index (χ3v) is 4.93. The normalized spacial score (nSPS) is 23.1. The van der Waals surface area contributed by atoms with E-state index in [0.29, 0.717) is 17.5 Å². The minimum atomic E-state index is -0.192. The third kappa shape index (κ3) is 2.97. The monoisotopic (exact) mass is 323 g/mol. The zero-order valence-corrected chi connectivity index (χ0v) is 14.6. The molecule has 1 amide bonds. The molecule has 0 radical (unpaired) electrons. The lowest BCUT2D eigenvalue weighted by Crippen LogP contribution is -2.33. The van der Waals surface area contributed by atoms with Crippen molar-refractivity contribution in [1.29, 1.82) is 0 Å². The van der Waals surface area contributed by atoms with Crippen LogP contribution in [0.1, 0.15) is 73.6 Å². The molecule has 0 bridgehead atoms. The topological polar surface area (TPSA) is 46.9 Å². The largest absolute Gasteiger partial charge is 0.347 e. The van der Waals surface area contributed by atoms with Crippen LogP contribution in [0.15, 0.2) is 36.4 Å². The average Bonchev–Trinajstić information content (AvgIpc) is 3.46. The van der Waals surface area contributed by atoms with Crippen molar-refractivity contribution in [2.24, 2.45) is 0 Å². The van der Waals surface area contributed by atoms with Crippen molar-refractivity contribution < 1.29 is 4.79 Å². The summed E-state index contributed by atoms with van der Waals surface area (Å²) in [5.74, 6) is 1.01. The Labute approximate surface area is 143 Å². The van der Waals surface area contributed by atoms with Gasteiger partial charge >= 0.3 is 0 Å². The summed E-state index contributed by atoms with van der Waals surface area (Å²) in [5.41, 5.74) is 2.89. The first-order valence-corrected chi connectivity index (χ1v) is 8.90. The van der Waals surface area contributed by atoms with Gasteiger partial charge < -0.3 is 5.32 Å². The third-order valence-electron chi connectivity index (χ3n) is 4.93. The number of hydrogen-bond acceptors (Lipinski definition) is 2. The van der Waals surface area contributed by atoms with Crippen molar-refractivity contribution in [3.63, 3.8) is 0 Å². The minimum absolute atomic E-state index is 0.00718. The number of aromatic nitrogens is 2. The molecule has 0 spiro atoms. The van der Waals surface area contributed by atoms with E-state index in [-0.39, 0.29) is 17.5 Å². The first kappa shape index (κ1) is 15.4. The Balaban J connectivity index is 1.51. The summed E-state index contributed by atoms with van der Waals surface area (Å²) in [5, 5.41) is 7.93. The Morgan fingerprint density at radius 1 is 1.21 bits per heavy atom. The molecule has 4 rings (SSSR count). The SMILES string of the molecule is CC(C)(C)n1nc(C2CC2)cc1C(=O)N[C@@H]1C[C@@H]1c1ccccc1. The molecule has 2 saturated carbocycles. The van der Waals surface area contributed by atoms with Gasteiger partial charge in [0.05, 0.1) is 11.2 Å². The molecule has 1 aromatic carbocycles. The van der Waals surface area contributed by atoms with Crippen LogP contribution in [0.3, 0.4) is 0 Å². The van der Waals surface area contributed by atoms with Crippen molar-refractivity contribution in [2.45, 2.75) is 63.5 Å². The number of carbonyl (C=O) groups is 1. The van der Waals surface area contributed by atoms with Crippen LogP contribution in [0, 0.1) is 0 Å². The maximum atomic E-state index is 12.8. The van der Waals surface area contributed by atoms with Crippen LogP contribution >= 0.6 is 0 Å². The second-order valence-electron chi connectivity index (χ2n) is 8.14. The maximum absolute atomic E-state index is 12.8. The fourth-order valence-electron chi connectivity index (χ4n) is 3.32. The summed E-state index contributed by atoms with van der Waals surface area (Å²) in [6.07, 6.45) is 3.41. The zero-order chi connectivity index (χ0) is 16.9. The van der Waals surface area contributed by atoms with Crippen LogP contribution in [0.25, 0.3) is 0 Å². The molecule has 2 aliphatic rings. The minimum Gasteiger partial charge on any atom is -0.347 e. The van der Waals surface area contributed by atoms with Crippen molar-refractivity contribution in [3.8, 4) is 0 Å². The number of nitrogens with zero attached hydrogens (tertiary/aromatic N) is 2. The fourth-order valence-corrected chi connectivity index (χ4v) is 3.32. The zero-order valence-electron chi connectivity index (χ0n) is 14.6. The Kier molecular flexibility index (Phi) is 3.52. The predicted octanol–water partition coefficient (Wildman–Crippen LogP) is 3.80. The maximum Gasteiger partial charge on any atom is 0.269 e. The highest BCUT2D eigenvalue weighted by atomic mass is 16.2. The summed E-state index contributed by atoms with van der Waals surface area (Å²) in [6.45, 7) is 6.28. The van der Waals surface area contributed by atoms with E-state index < -0.39 is 0 Å². The van der Waals surface area contributed by atoms with Crippen LogP contribution in [0.5, 0.6) is 0 Å². The average molecular weight is 323 g/mol. The standard InChI is InChI=1S/C20H25N3O/c1-20(2,3)23-18(12-16(22-23)14-9-10-14)19(24)21-17-11-15(17)13-7-5-4-6-8-13/h4-8,12,14-15,17H,9-11H2,1-3H3,(H,21,24)/t15-,17-/m1/s1. The van der Waals surface area contributed by atoms with Gasteiger partial charge in [-0.1, -0.05) is 30.3 Å². The molecule has 2 atom stereocenters. The second-order valence-corrected chi connectivity index (χ2v) is 8.14. The van der Waals surface area contributed by atoms with Gasteiger partial charge in [-0.05, 0) is 51.7 Å². The van der Waals surface area contributed by atoms with Crippen molar-refractivity contribution in [2.75, 3.05) is 0 Å². The van der Waals surface area contributed by atoms with Crippen molar-refractivity contribution in [1.82, 2.24) is 15.1 Å². The van der Waals surface area contributed by atoms with Gasteiger partial charge in [-0.25, -0.2) is 0 Å². The van der Waals surface area contributed by atoms with E-state index in [1.54, 1.807) is 0 Å². The molecule has 2 aliphatic carbocycles. The smallest absolute Gasteiger partial charge is 0.269 e. The lowest BCUT2D eigenvalue weighted by molar-refractivity contribution is 0.0932. The molecule has 0 aliphatic heterocycles. The first-order chi connectivity index (χ1) is 11.4. The van der Waals surface area contributed by atoms with Gasteiger partial charge in [-0.15, -0.1) is 0 Å².